The SMILES string of the molecule is C/C=N/O/C=C/C(NC=N)/C(C)=C/NCC. The third kappa shape index (κ3) is 6.64. The summed E-state index contributed by atoms with van der Waals surface area (Å²) in [5.74, 6) is 0. The summed E-state index contributed by atoms with van der Waals surface area (Å²) in [4.78, 5) is 4.84. The van der Waals surface area contributed by atoms with Gasteiger partial charge in [0.15, 0.2) is 0 Å². The van der Waals surface area contributed by atoms with Gasteiger partial charge in [-0.15, -0.1) is 0 Å². The average Bonchev–Trinajstić information content (AvgIpc) is 2.30. The summed E-state index contributed by atoms with van der Waals surface area (Å²) in [7, 11) is 0. The normalized spacial score (nSPS) is 14.1. The number of hydrogen-bond donors (Lipinski definition) is 3. The van der Waals surface area contributed by atoms with Gasteiger partial charge in [-0.3, -0.25) is 5.41 Å². The predicted molar refractivity (Wildman–Crippen MR) is 67.5 cm³/mol. The fraction of sp³-hybridized carbons (Fsp3) is 0.455. The Morgan fingerprint density at radius 3 is 2.88 bits per heavy atom. The molecule has 0 aliphatic heterocycles. The number of oxime groups is 1. The highest BCUT2D eigenvalue weighted by molar-refractivity contribution is 5.52. The molecule has 0 aromatic rings. The molecule has 0 saturated carbocycles. The lowest BCUT2D eigenvalue weighted by molar-refractivity contribution is 0.268. The maximum atomic E-state index is 7.03. The van der Waals surface area contributed by atoms with Gasteiger partial charge in [-0.2, -0.15) is 0 Å². The second-order valence-electron chi connectivity index (χ2n) is 3.03. The van der Waals surface area contributed by atoms with Crippen molar-refractivity contribution in [2.45, 2.75) is 26.8 Å². The monoisotopic (exact) mass is 224 g/mol. The van der Waals surface area contributed by atoms with Crippen molar-refractivity contribution < 1.29 is 4.84 Å². The Labute approximate surface area is 96.8 Å². The van der Waals surface area contributed by atoms with Crippen LogP contribution in [-0.4, -0.2) is 25.1 Å². The summed E-state index contributed by atoms with van der Waals surface area (Å²) in [6.45, 7) is 6.64. The van der Waals surface area contributed by atoms with Crippen LogP contribution < -0.4 is 10.6 Å². The first-order valence-electron chi connectivity index (χ1n) is 5.21. The second kappa shape index (κ2) is 9.76. The smallest absolute Gasteiger partial charge is 0.120 e. The standard InChI is InChI=1S/C11H20N4O/c1-4-13-8-10(3)11(14-9-12)6-7-16-15-5-2/h5-9,11,13H,4H2,1-3H3,(H2,12,14)/b7-6+,10-8+,15-5+. The molecule has 16 heavy (non-hydrogen) atoms. The zero-order valence-electron chi connectivity index (χ0n) is 10.0. The van der Waals surface area contributed by atoms with Gasteiger partial charge < -0.3 is 15.5 Å². The van der Waals surface area contributed by atoms with Gasteiger partial charge in [-0.05, 0) is 38.6 Å². The van der Waals surface area contributed by atoms with Gasteiger partial charge in [0, 0.05) is 12.8 Å². The highest BCUT2D eigenvalue weighted by atomic mass is 16.6. The van der Waals surface area contributed by atoms with E-state index in [0.29, 0.717) is 0 Å². The van der Waals surface area contributed by atoms with E-state index < -0.39 is 0 Å². The molecule has 0 fully saturated rings. The third-order valence-electron chi connectivity index (χ3n) is 1.79. The summed E-state index contributed by atoms with van der Waals surface area (Å²) >= 11 is 0. The lowest BCUT2D eigenvalue weighted by Gasteiger charge is -2.13. The summed E-state index contributed by atoms with van der Waals surface area (Å²) < 4.78 is 0. The van der Waals surface area contributed by atoms with Crippen molar-refractivity contribution in [3.63, 3.8) is 0 Å². The topological polar surface area (TPSA) is 69.5 Å². The summed E-state index contributed by atoms with van der Waals surface area (Å²) in [5.41, 5.74) is 1.06. The molecule has 0 aromatic heterocycles. The van der Waals surface area contributed by atoms with Crippen LogP contribution in [0.2, 0.25) is 0 Å². The van der Waals surface area contributed by atoms with Crippen molar-refractivity contribution in [2.24, 2.45) is 5.16 Å². The van der Waals surface area contributed by atoms with Crippen molar-refractivity contribution in [2.75, 3.05) is 6.54 Å². The van der Waals surface area contributed by atoms with Gasteiger partial charge in [-0.25, -0.2) is 0 Å². The molecule has 5 heteroatoms. The van der Waals surface area contributed by atoms with Crippen molar-refractivity contribution in [3.05, 3.63) is 24.1 Å². The molecular formula is C11H20N4O. The molecule has 0 aliphatic rings. The van der Waals surface area contributed by atoms with E-state index in [1.54, 1.807) is 19.2 Å². The largest absolute Gasteiger partial charge is 0.391 e. The molecule has 0 aliphatic carbocycles. The van der Waals surface area contributed by atoms with E-state index in [-0.39, 0.29) is 6.04 Å². The maximum absolute atomic E-state index is 7.03. The van der Waals surface area contributed by atoms with Crippen LogP contribution >= 0.6 is 0 Å². The molecule has 0 radical (unpaired) electrons. The maximum Gasteiger partial charge on any atom is 0.120 e. The minimum absolute atomic E-state index is 0.0661. The molecule has 5 nitrogen and oxygen atoms in total. The van der Waals surface area contributed by atoms with Gasteiger partial charge in [0.2, 0.25) is 0 Å². The Balaban J connectivity index is 4.35. The van der Waals surface area contributed by atoms with E-state index in [2.05, 4.69) is 15.8 Å². The molecule has 0 spiro atoms. The molecule has 3 N–H and O–H groups in total. The van der Waals surface area contributed by atoms with Crippen LogP contribution in [0.5, 0.6) is 0 Å². The summed E-state index contributed by atoms with van der Waals surface area (Å²) in [5, 5.41) is 16.6. The van der Waals surface area contributed by atoms with Crippen LogP contribution in [0.15, 0.2) is 29.3 Å². The number of hydrogen-bond acceptors (Lipinski definition) is 4. The molecule has 90 valence electrons. The first-order chi connectivity index (χ1) is 7.76. The van der Waals surface area contributed by atoms with Crippen LogP contribution in [0.3, 0.4) is 0 Å². The van der Waals surface area contributed by atoms with Gasteiger partial charge >= 0.3 is 0 Å². The fourth-order valence-electron chi connectivity index (χ4n) is 0.991. The van der Waals surface area contributed by atoms with E-state index >= 15 is 0 Å². The first-order valence-corrected chi connectivity index (χ1v) is 5.21. The number of rotatable bonds is 8. The molecule has 1 unspecified atom stereocenters. The molecule has 0 rings (SSSR count). The number of nitrogens with zero attached hydrogens (tertiary/aromatic N) is 1. The summed E-state index contributed by atoms with van der Waals surface area (Å²) in [6, 6.07) is -0.0661. The Kier molecular flexibility index (Phi) is 8.68. The van der Waals surface area contributed by atoms with Crippen LogP contribution in [-0.2, 0) is 4.84 Å². The van der Waals surface area contributed by atoms with Gasteiger partial charge in [0.1, 0.15) is 6.26 Å². The van der Waals surface area contributed by atoms with Crippen LogP contribution in [0.25, 0.3) is 0 Å². The zero-order chi connectivity index (χ0) is 12.2. The van der Waals surface area contributed by atoms with E-state index in [4.69, 9.17) is 10.2 Å². The molecule has 0 saturated heterocycles. The molecule has 0 aromatic carbocycles. The third-order valence-corrected chi connectivity index (χ3v) is 1.79. The van der Waals surface area contributed by atoms with Crippen molar-refractivity contribution in [1.29, 1.82) is 5.41 Å². The second-order valence-corrected chi connectivity index (χ2v) is 3.03. The van der Waals surface area contributed by atoms with Gasteiger partial charge in [-0.1, -0.05) is 5.16 Å². The van der Waals surface area contributed by atoms with E-state index in [1.807, 2.05) is 20.0 Å². The average molecular weight is 224 g/mol. The Hall–Kier alpha value is -1.78. The highest BCUT2D eigenvalue weighted by Gasteiger charge is 2.03. The minimum atomic E-state index is -0.0661. The molecule has 0 heterocycles. The van der Waals surface area contributed by atoms with Gasteiger partial charge in [0.25, 0.3) is 0 Å². The minimum Gasteiger partial charge on any atom is -0.391 e. The zero-order valence-corrected chi connectivity index (χ0v) is 10.0. The predicted octanol–water partition coefficient (Wildman–Crippen LogP) is 1.60. The quantitative estimate of drug-likeness (QED) is 0.254. The Morgan fingerprint density at radius 2 is 2.31 bits per heavy atom. The van der Waals surface area contributed by atoms with Crippen LogP contribution in [0, 0.1) is 5.41 Å². The fourth-order valence-corrected chi connectivity index (χ4v) is 0.991. The highest BCUT2D eigenvalue weighted by Crippen LogP contribution is 2.01. The van der Waals surface area contributed by atoms with E-state index in [0.717, 1.165) is 18.5 Å². The van der Waals surface area contributed by atoms with Crippen LogP contribution in [0.1, 0.15) is 20.8 Å². The molecule has 1 atom stereocenters. The van der Waals surface area contributed by atoms with Crippen LogP contribution in [0.4, 0.5) is 0 Å². The Morgan fingerprint density at radius 1 is 1.56 bits per heavy atom. The van der Waals surface area contributed by atoms with E-state index in [1.165, 1.54) is 6.26 Å². The number of nitrogens with one attached hydrogen (secondary N) is 3. The molecular weight excluding hydrogens is 204 g/mol. The Bertz CT molecular complexity index is 271. The van der Waals surface area contributed by atoms with Crippen molar-refractivity contribution >= 4 is 12.6 Å². The van der Waals surface area contributed by atoms with Gasteiger partial charge in [0.05, 0.1) is 12.4 Å². The van der Waals surface area contributed by atoms with E-state index in [9.17, 15) is 0 Å². The van der Waals surface area contributed by atoms with Crippen molar-refractivity contribution in [3.8, 4) is 0 Å². The molecule has 0 amide bonds. The lowest BCUT2D eigenvalue weighted by atomic mass is 10.1. The lowest BCUT2D eigenvalue weighted by Crippen LogP contribution is -2.27. The first kappa shape index (κ1) is 14.2. The van der Waals surface area contributed by atoms with Crippen molar-refractivity contribution in [1.82, 2.24) is 10.6 Å². The molecule has 0 bridgehead atoms. The summed E-state index contributed by atoms with van der Waals surface area (Å²) in [6.07, 6.45) is 7.91.